The third-order valence-electron chi connectivity index (χ3n) is 7.88. The molecule has 204 valence electrons. The highest BCUT2D eigenvalue weighted by atomic mass is 16.5. The molecule has 39 heavy (non-hydrogen) atoms. The van der Waals surface area contributed by atoms with Crippen molar-refractivity contribution in [3.63, 3.8) is 0 Å². The summed E-state index contributed by atoms with van der Waals surface area (Å²) in [5.41, 5.74) is 4.04. The molecule has 7 nitrogen and oxygen atoms in total. The third kappa shape index (κ3) is 6.85. The minimum atomic E-state index is -0.541. The number of ether oxygens (including phenoxy) is 1. The van der Waals surface area contributed by atoms with E-state index in [1.165, 1.54) is 19.3 Å². The molecule has 0 bridgehead atoms. The predicted octanol–water partition coefficient (Wildman–Crippen LogP) is 5.19. The minimum absolute atomic E-state index is 0.206. The Morgan fingerprint density at radius 1 is 0.949 bits per heavy atom. The van der Waals surface area contributed by atoms with Gasteiger partial charge in [-0.2, -0.15) is 0 Å². The van der Waals surface area contributed by atoms with Crippen molar-refractivity contribution in [2.24, 2.45) is 5.92 Å². The number of nitrogens with one attached hydrogen (secondary N) is 2. The molecule has 5 rings (SSSR count). The molecule has 1 saturated heterocycles. The Morgan fingerprint density at radius 3 is 2.51 bits per heavy atom. The van der Waals surface area contributed by atoms with Crippen LogP contribution in [0.3, 0.4) is 0 Å². The Kier molecular flexibility index (Phi) is 8.91. The van der Waals surface area contributed by atoms with Crippen LogP contribution in [0.4, 0.5) is 0 Å². The van der Waals surface area contributed by atoms with Gasteiger partial charge in [0.2, 0.25) is 5.91 Å². The Bertz CT molecular complexity index is 1310. The molecule has 2 fully saturated rings. The van der Waals surface area contributed by atoms with Gasteiger partial charge in [0.1, 0.15) is 12.4 Å². The van der Waals surface area contributed by atoms with E-state index in [4.69, 9.17) is 9.94 Å². The van der Waals surface area contributed by atoms with Crippen molar-refractivity contribution in [3.8, 4) is 5.75 Å². The summed E-state index contributed by atoms with van der Waals surface area (Å²) < 4.78 is 6.32. The Morgan fingerprint density at radius 2 is 1.72 bits per heavy atom. The number of hydrogen-bond acceptors (Lipinski definition) is 5. The fraction of sp³-hybridized carbons (Fsp3) is 0.375. The molecular formula is C32H37N3O4. The number of hydrogen-bond donors (Lipinski definition) is 3. The van der Waals surface area contributed by atoms with E-state index in [1.54, 1.807) is 17.6 Å². The second-order valence-electron chi connectivity index (χ2n) is 10.6. The van der Waals surface area contributed by atoms with Crippen molar-refractivity contribution in [1.82, 2.24) is 15.7 Å². The first kappa shape index (κ1) is 26.9. The molecule has 0 spiro atoms. The first-order chi connectivity index (χ1) is 19.1. The fourth-order valence-electron chi connectivity index (χ4n) is 5.68. The van der Waals surface area contributed by atoms with Crippen LogP contribution in [-0.2, 0) is 4.79 Å². The lowest BCUT2D eigenvalue weighted by Gasteiger charge is -2.26. The highest BCUT2D eigenvalue weighted by Crippen LogP contribution is 2.28. The summed E-state index contributed by atoms with van der Waals surface area (Å²) in [6.45, 7) is 2.59. The monoisotopic (exact) mass is 527 g/mol. The maximum absolute atomic E-state index is 13.0. The highest BCUT2D eigenvalue weighted by molar-refractivity contribution is 5.93. The van der Waals surface area contributed by atoms with Crippen molar-refractivity contribution in [2.45, 2.75) is 44.6 Å². The zero-order valence-corrected chi connectivity index (χ0v) is 22.3. The van der Waals surface area contributed by atoms with Crippen molar-refractivity contribution in [2.75, 3.05) is 26.2 Å². The van der Waals surface area contributed by atoms with Crippen molar-refractivity contribution in [1.29, 1.82) is 0 Å². The van der Waals surface area contributed by atoms with Crippen LogP contribution in [0.1, 0.15) is 54.4 Å². The first-order valence-corrected chi connectivity index (χ1v) is 14.0. The minimum Gasteiger partial charge on any atom is -0.489 e. The van der Waals surface area contributed by atoms with Gasteiger partial charge >= 0.3 is 0 Å². The molecule has 3 aromatic carbocycles. The van der Waals surface area contributed by atoms with Gasteiger partial charge in [0, 0.05) is 42.5 Å². The molecule has 2 aliphatic rings. The molecule has 2 amide bonds. The molecule has 1 unspecified atom stereocenters. The quantitative estimate of drug-likeness (QED) is 0.263. The molecule has 0 radical (unpaired) electrons. The number of fused-ring (bicyclic) bond motifs is 1. The number of benzene rings is 3. The van der Waals surface area contributed by atoms with Gasteiger partial charge in [-0.05, 0) is 54.0 Å². The lowest BCUT2D eigenvalue weighted by atomic mass is 9.88. The van der Waals surface area contributed by atoms with E-state index in [0.29, 0.717) is 24.6 Å². The first-order valence-electron chi connectivity index (χ1n) is 14.0. The van der Waals surface area contributed by atoms with Gasteiger partial charge in [-0.3, -0.25) is 14.8 Å². The normalized spacial score (nSPS) is 18.3. The average Bonchev–Trinajstić information content (AvgIpc) is 3.47. The smallest absolute Gasteiger partial charge is 0.274 e. The lowest BCUT2D eigenvalue weighted by Crippen LogP contribution is -2.39. The number of hydroxylamine groups is 1. The van der Waals surface area contributed by atoms with E-state index in [2.05, 4.69) is 34.5 Å². The maximum Gasteiger partial charge on any atom is 0.274 e. The molecule has 1 saturated carbocycles. The van der Waals surface area contributed by atoms with Crippen molar-refractivity contribution in [3.05, 3.63) is 83.4 Å². The summed E-state index contributed by atoms with van der Waals surface area (Å²) in [6, 6.07) is 21.5. The van der Waals surface area contributed by atoms with E-state index in [1.807, 2.05) is 36.4 Å². The third-order valence-corrected chi connectivity index (χ3v) is 7.88. The van der Waals surface area contributed by atoms with E-state index >= 15 is 0 Å². The number of amides is 2. The Balaban J connectivity index is 1.26. The number of likely N-dealkylation sites (tertiary alicyclic amines) is 1. The number of rotatable bonds is 9. The van der Waals surface area contributed by atoms with Gasteiger partial charge in [0.05, 0.1) is 0 Å². The summed E-state index contributed by atoms with van der Waals surface area (Å²) in [7, 11) is 0. The zero-order chi connectivity index (χ0) is 27.0. The number of nitrogens with zero attached hydrogens (tertiary/aromatic N) is 1. The van der Waals surface area contributed by atoms with Crippen LogP contribution >= 0.6 is 0 Å². The summed E-state index contributed by atoms with van der Waals surface area (Å²) in [4.78, 5) is 26.8. The Hall–Kier alpha value is -3.68. The second kappa shape index (κ2) is 12.9. The van der Waals surface area contributed by atoms with E-state index in [-0.39, 0.29) is 12.0 Å². The van der Waals surface area contributed by atoms with E-state index in [9.17, 15) is 9.59 Å². The van der Waals surface area contributed by atoms with Gasteiger partial charge in [0.25, 0.3) is 5.91 Å². The van der Waals surface area contributed by atoms with Crippen LogP contribution in [0.25, 0.3) is 16.8 Å². The summed E-state index contributed by atoms with van der Waals surface area (Å²) in [5, 5.41) is 14.8. The molecule has 7 heteroatoms. The topological polar surface area (TPSA) is 90.9 Å². The van der Waals surface area contributed by atoms with Gasteiger partial charge in [0.15, 0.2) is 0 Å². The molecular weight excluding hydrogens is 490 g/mol. The lowest BCUT2D eigenvalue weighted by molar-refractivity contribution is -0.135. The zero-order valence-electron chi connectivity index (χ0n) is 22.3. The van der Waals surface area contributed by atoms with Crippen LogP contribution in [-0.4, -0.2) is 54.2 Å². The van der Waals surface area contributed by atoms with Gasteiger partial charge in [-0.25, -0.2) is 5.48 Å². The summed E-state index contributed by atoms with van der Waals surface area (Å²) in [5.74, 6) is 0.832. The molecule has 1 atom stereocenters. The van der Waals surface area contributed by atoms with Gasteiger partial charge in [-0.1, -0.05) is 73.9 Å². The molecule has 1 aliphatic heterocycles. The van der Waals surface area contributed by atoms with Crippen molar-refractivity contribution >= 4 is 28.7 Å². The maximum atomic E-state index is 13.0. The van der Waals surface area contributed by atoms with Crippen LogP contribution in [0, 0.1) is 5.92 Å². The standard InChI is InChI=1S/C32H37N3O4/c36-31(34-38)26-15-13-23(14-16-26)19-24(22-39-30-12-6-10-25-7-4-5-11-29(25)30)20-33-28-17-18-35(21-28)32(37)27-8-2-1-3-9-27/h4-7,10-16,19,27-28,33,38H,1-3,8-9,17-18,20-22H2,(H,34,36)/b24-19-. The van der Waals surface area contributed by atoms with Crippen LogP contribution in [0.15, 0.2) is 72.3 Å². The Labute approximate surface area is 229 Å². The molecule has 0 aromatic heterocycles. The van der Waals surface area contributed by atoms with E-state index in [0.717, 1.165) is 60.0 Å². The largest absolute Gasteiger partial charge is 0.489 e. The van der Waals surface area contributed by atoms with Crippen LogP contribution in [0.2, 0.25) is 0 Å². The second-order valence-corrected chi connectivity index (χ2v) is 10.6. The van der Waals surface area contributed by atoms with Crippen LogP contribution < -0.4 is 15.5 Å². The molecule has 3 N–H and O–H groups in total. The SMILES string of the molecule is O=C(NO)c1ccc(/C=C(/CNC2CCN(C(=O)C3CCCCC3)C2)COc2cccc3ccccc23)cc1. The number of carbonyl (C=O) groups excluding carboxylic acids is 2. The highest BCUT2D eigenvalue weighted by Gasteiger charge is 2.31. The molecule has 1 heterocycles. The van der Waals surface area contributed by atoms with Crippen LogP contribution in [0.5, 0.6) is 5.75 Å². The summed E-state index contributed by atoms with van der Waals surface area (Å²) in [6.07, 6.45) is 8.67. The van der Waals surface area contributed by atoms with Crippen molar-refractivity contribution < 1.29 is 19.5 Å². The predicted molar refractivity (Wildman–Crippen MR) is 153 cm³/mol. The molecule has 3 aromatic rings. The summed E-state index contributed by atoms with van der Waals surface area (Å²) >= 11 is 0. The molecule has 1 aliphatic carbocycles. The van der Waals surface area contributed by atoms with Gasteiger partial charge in [-0.15, -0.1) is 0 Å². The fourth-order valence-corrected chi connectivity index (χ4v) is 5.68. The average molecular weight is 528 g/mol. The number of carbonyl (C=O) groups is 2. The van der Waals surface area contributed by atoms with E-state index < -0.39 is 5.91 Å². The van der Waals surface area contributed by atoms with Gasteiger partial charge < -0.3 is 15.0 Å².